The number of nitrogens with one attached hydrogen (secondary N) is 1. The summed E-state index contributed by atoms with van der Waals surface area (Å²) in [6.07, 6.45) is 0. The first-order valence-electron chi connectivity index (χ1n) is 8.59. The molecule has 5 nitrogen and oxygen atoms in total. The zero-order valence-corrected chi connectivity index (χ0v) is 15.5. The van der Waals surface area contributed by atoms with Gasteiger partial charge in [0.15, 0.2) is 5.96 Å². The largest absolute Gasteiger partial charge is 0.494 e. The fourth-order valence-electron chi connectivity index (χ4n) is 2.63. The third-order valence-electron chi connectivity index (χ3n) is 3.96. The van der Waals surface area contributed by atoms with E-state index in [0.717, 1.165) is 22.8 Å². The molecule has 0 bridgehead atoms. The number of benzene rings is 2. The van der Waals surface area contributed by atoms with Gasteiger partial charge >= 0.3 is 0 Å². The SMILES string of the molecule is CCOc1ccc(CN(C)C(=NC)NCc2ccc(F)c(CO)c2)cc1. The molecule has 0 aliphatic carbocycles. The third kappa shape index (κ3) is 5.46. The van der Waals surface area contributed by atoms with Crippen molar-refractivity contribution in [2.45, 2.75) is 26.6 Å². The van der Waals surface area contributed by atoms with Gasteiger partial charge in [-0.2, -0.15) is 0 Å². The highest BCUT2D eigenvalue weighted by Crippen LogP contribution is 2.14. The number of aliphatic hydroxyl groups is 1. The second kappa shape index (κ2) is 9.77. The van der Waals surface area contributed by atoms with Crippen LogP contribution in [-0.2, 0) is 19.7 Å². The van der Waals surface area contributed by atoms with Crippen LogP contribution in [-0.4, -0.2) is 36.7 Å². The highest BCUT2D eigenvalue weighted by atomic mass is 19.1. The predicted molar refractivity (Wildman–Crippen MR) is 102 cm³/mol. The highest BCUT2D eigenvalue weighted by molar-refractivity contribution is 5.79. The molecule has 0 aromatic heterocycles. The van der Waals surface area contributed by atoms with Gasteiger partial charge in [-0.25, -0.2) is 4.39 Å². The number of aliphatic hydroxyl groups excluding tert-OH is 1. The van der Waals surface area contributed by atoms with Gasteiger partial charge in [0.25, 0.3) is 0 Å². The number of guanidine groups is 1. The molecule has 26 heavy (non-hydrogen) atoms. The van der Waals surface area contributed by atoms with Crippen LogP contribution in [0.15, 0.2) is 47.5 Å². The van der Waals surface area contributed by atoms with Gasteiger partial charge in [-0.15, -0.1) is 0 Å². The first-order valence-corrected chi connectivity index (χ1v) is 8.59. The number of hydrogen-bond donors (Lipinski definition) is 2. The molecule has 140 valence electrons. The lowest BCUT2D eigenvalue weighted by atomic mass is 10.1. The molecule has 0 saturated heterocycles. The summed E-state index contributed by atoms with van der Waals surface area (Å²) in [4.78, 5) is 6.30. The van der Waals surface area contributed by atoms with Crippen molar-refractivity contribution in [3.05, 3.63) is 65.0 Å². The fraction of sp³-hybridized carbons (Fsp3) is 0.350. The Labute approximate surface area is 154 Å². The Bertz CT molecular complexity index is 732. The van der Waals surface area contributed by atoms with Crippen LogP contribution >= 0.6 is 0 Å². The molecule has 0 heterocycles. The van der Waals surface area contributed by atoms with Gasteiger partial charge in [0, 0.05) is 32.7 Å². The molecule has 2 rings (SSSR count). The maximum absolute atomic E-state index is 13.5. The number of hydrogen-bond acceptors (Lipinski definition) is 3. The molecule has 0 unspecified atom stereocenters. The Morgan fingerprint density at radius 1 is 1.19 bits per heavy atom. The summed E-state index contributed by atoms with van der Waals surface area (Å²) in [7, 11) is 3.68. The fourth-order valence-corrected chi connectivity index (χ4v) is 2.63. The van der Waals surface area contributed by atoms with Crippen molar-refractivity contribution in [1.82, 2.24) is 10.2 Å². The number of rotatable bonds is 7. The normalized spacial score (nSPS) is 11.3. The van der Waals surface area contributed by atoms with E-state index in [4.69, 9.17) is 4.74 Å². The highest BCUT2D eigenvalue weighted by Gasteiger charge is 2.08. The van der Waals surface area contributed by atoms with E-state index in [9.17, 15) is 9.50 Å². The lowest BCUT2D eigenvalue weighted by Gasteiger charge is -2.22. The molecular formula is C20H26FN3O2. The Balaban J connectivity index is 1.95. The van der Waals surface area contributed by atoms with E-state index < -0.39 is 5.82 Å². The van der Waals surface area contributed by atoms with E-state index in [-0.39, 0.29) is 6.61 Å². The Morgan fingerprint density at radius 2 is 1.88 bits per heavy atom. The number of aliphatic imine (C=N–C) groups is 1. The minimum atomic E-state index is -0.395. The van der Waals surface area contributed by atoms with Gasteiger partial charge in [0.2, 0.25) is 0 Å². The van der Waals surface area contributed by atoms with E-state index >= 15 is 0 Å². The van der Waals surface area contributed by atoms with Gasteiger partial charge in [-0.3, -0.25) is 4.99 Å². The molecule has 0 saturated carbocycles. The van der Waals surface area contributed by atoms with E-state index in [2.05, 4.69) is 10.3 Å². The van der Waals surface area contributed by atoms with Crippen molar-refractivity contribution >= 4 is 5.96 Å². The van der Waals surface area contributed by atoms with Gasteiger partial charge < -0.3 is 20.1 Å². The summed E-state index contributed by atoms with van der Waals surface area (Å²) in [5, 5.41) is 12.4. The van der Waals surface area contributed by atoms with Crippen LogP contribution in [0.1, 0.15) is 23.6 Å². The Morgan fingerprint density at radius 3 is 2.50 bits per heavy atom. The Hall–Kier alpha value is -2.60. The lowest BCUT2D eigenvalue weighted by molar-refractivity contribution is 0.275. The van der Waals surface area contributed by atoms with E-state index in [1.807, 2.05) is 43.1 Å². The molecular weight excluding hydrogens is 333 g/mol. The van der Waals surface area contributed by atoms with Crippen LogP contribution in [0.3, 0.4) is 0 Å². The zero-order chi connectivity index (χ0) is 18.9. The van der Waals surface area contributed by atoms with E-state index in [0.29, 0.717) is 25.3 Å². The second-order valence-corrected chi connectivity index (χ2v) is 5.92. The lowest BCUT2D eigenvalue weighted by Crippen LogP contribution is -2.38. The van der Waals surface area contributed by atoms with Crippen molar-refractivity contribution in [2.24, 2.45) is 4.99 Å². The standard InChI is InChI=1S/C20H26FN3O2/c1-4-26-18-8-5-15(6-9-18)13-24(3)20(22-2)23-12-16-7-10-19(21)17(11-16)14-25/h5-11,25H,4,12-14H2,1-3H3,(H,22,23). The minimum Gasteiger partial charge on any atom is -0.494 e. The molecule has 0 aliphatic heterocycles. The summed E-state index contributed by atoms with van der Waals surface area (Å²) in [6.45, 7) is 3.48. The smallest absolute Gasteiger partial charge is 0.193 e. The minimum absolute atomic E-state index is 0.294. The number of halogens is 1. The van der Waals surface area contributed by atoms with Crippen LogP contribution in [0.5, 0.6) is 5.75 Å². The van der Waals surface area contributed by atoms with E-state index in [1.54, 1.807) is 19.2 Å². The zero-order valence-electron chi connectivity index (χ0n) is 15.5. The maximum Gasteiger partial charge on any atom is 0.193 e. The van der Waals surface area contributed by atoms with Crippen LogP contribution in [0.4, 0.5) is 4.39 Å². The van der Waals surface area contributed by atoms with Crippen molar-refractivity contribution in [3.63, 3.8) is 0 Å². The molecule has 0 atom stereocenters. The molecule has 0 radical (unpaired) electrons. The van der Waals surface area contributed by atoms with Gasteiger partial charge in [0.05, 0.1) is 13.2 Å². The molecule has 2 aromatic rings. The van der Waals surface area contributed by atoms with Gasteiger partial charge in [-0.1, -0.05) is 18.2 Å². The van der Waals surface area contributed by atoms with Crippen LogP contribution in [0, 0.1) is 5.82 Å². The van der Waals surface area contributed by atoms with Gasteiger partial charge in [-0.05, 0) is 42.3 Å². The molecule has 2 N–H and O–H groups in total. The molecule has 6 heteroatoms. The number of ether oxygens (including phenoxy) is 1. The molecule has 0 amide bonds. The monoisotopic (exact) mass is 359 g/mol. The van der Waals surface area contributed by atoms with Crippen LogP contribution in [0.2, 0.25) is 0 Å². The second-order valence-electron chi connectivity index (χ2n) is 5.92. The molecule has 0 fully saturated rings. The Kier molecular flexibility index (Phi) is 7.41. The maximum atomic E-state index is 13.5. The first-order chi connectivity index (χ1) is 12.6. The average molecular weight is 359 g/mol. The van der Waals surface area contributed by atoms with Crippen molar-refractivity contribution in [1.29, 1.82) is 0 Å². The molecule has 0 spiro atoms. The van der Waals surface area contributed by atoms with Crippen molar-refractivity contribution in [3.8, 4) is 5.75 Å². The molecule has 2 aromatic carbocycles. The third-order valence-corrected chi connectivity index (χ3v) is 3.96. The van der Waals surface area contributed by atoms with Crippen LogP contribution < -0.4 is 10.1 Å². The average Bonchev–Trinajstić information content (AvgIpc) is 2.65. The summed E-state index contributed by atoms with van der Waals surface area (Å²) in [6, 6.07) is 12.7. The summed E-state index contributed by atoms with van der Waals surface area (Å²) < 4.78 is 18.9. The van der Waals surface area contributed by atoms with Gasteiger partial charge in [0.1, 0.15) is 11.6 Å². The molecule has 0 aliphatic rings. The quantitative estimate of drug-likeness (QED) is 0.590. The predicted octanol–water partition coefficient (Wildman–Crippen LogP) is 2.92. The van der Waals surface area contributed by atoms with Crippen LogP contribution in [0.25, 0.3) is 0 Å². The first kappa shape index (κ1) is 19.7. The van der Waals surface area contributed by atoms with E-state index in [1.165, 1.54) is 6.07 Å². The van der Waals surface area contributed by atoms with Crippen molar-refractivity contribution < 1.29 is 14.2 Å². The summed E-state index contributed by atoms with van der Waals surface area (Å²) in [5.41, 5.74) is 2.32. The summed E-state index contributed by atoms with van der Waals surface area (Å²) >= 11 is 0. The van der Waals surface area contributed by atoms with Crippen molar-refractivity contribution in [2.75, 3.05) is 20.7 Å². The summed E-state index contributed by atoms with van der Waals surface area (Å²) in [5.74, 6) is 1.19. The number of nitrogens with zero attached hydrogens (tertiary/aromatic N) is 2. The topological polar surface area (TPSA) is 57.1 Å².